The van der Waals surface area contributed by atoms with Crippen LogP contribution in [0.2, 0.25) is 5.02 Å². The summed E-state index contributed by atoms with van der Waals surface area (Å²) < 4.78 is 0. The molecule has 21 heavy (non-hydrogen) atoms. The third-order valence-corrected chi connectivity index (χ3v) is 3.62. The standard InChI is InChI=1S/C17H19ClN2O/c1-2-20(12-13-7-6-10-15(18)11-13)17(21)16(19)14-8-4-3-5-9-14/h3-11,16H,2,12,19H2,1H3. The highest BCUT2D eigenvalue weighted by molar-refractivity contribution is 6.30. The molecule has 0 saturated carbocycles. The van der Waals surface area contributed by atoms with Crippen LogP contribution in [0.1, 0.15) is 24.1 Å². The van der Waals surface area contributed by atoms with Gasteiger partial charge in [-0.3, -0.25) is 4.79 Å². The lowest BCUT2D eigenvalue weighted by molar-refractivity contribution is -0.133. The minimum atomic E-state index is -0.634. The first-order valence-electron chi connectivity index (χ1n) is 6.95. The van der Waals surface area contributed by atoms with Crippen LogP contribution in [0, 0.1) is 0 Å². The molecule has 0 aromatic heterocycles. The second-order valence-corrected chi connectivity index (χ2v) is 5.31. The van der Waals surface area contributed by atoms with Crippen molar-refractivity contribution in [1.82, 2.24) is 4.90 Å². The first kappa shape index (κ1) is 15.5. The predicted molar refractivity (Wildman–Crippen MR) is 85.9 cm³/mol. The topological polar surface area (TPSA) is 46.3 Å². The van der Waals surface area contributed by atoms with Crippen molar-refractivity contribution >= 4 is 17.5 Å². The number of amides is 1. The second kappa shape index (κ2) is 7.25. The quantitative estimate of drug-likeness (QED) is 0.920. The minimum Gasteiger partial charge on any atom is -0.337 e. The molecule has 1 amide bonds. The highest BCUT2D eigenvalue weighted by atomic mass is 35.5. The Morgan fingerprint density at radius 2 is 1.90 bits per heavy atom. The van der Waals surface area contributed by atoms with E-state index in [-0.39, 0.29) is 5.91 Å². The van der Waals surface area contributed by atoms with E-state index in [1.54, 1.807) is 4.90 Å². The molecule has 0 fully saturated rings. The number of rotatable bonds is 5. The molecule has 0 saturated heterocycles. The van der Waals surface area contributed by atoms with Crippen LogP contribution in [0.4, 0.5) is 0 Å². The number of hydrogen-bond acceptors (Lipinski definition) is 2. The van der Waals surface area contributed by atoms with E-state index in [1.165, 1.54) is 0 Å². The highest BCUT2D eigenvalue weighted by Gasteiger charge is 2.21. The van der Waals surface area contributed by atoms with E-state index in [2.05, 4.69) is 0 Å². The predicted octanol–water partition coefficient (Wildman–Crippen LogP) is 3.39. The van der Waals surface area contributed by atoms with E-state index in [0.29, 0.717) is 18.1 Å². The van der Waals surface area contributed by atoms with Gasteiger partial charge in [-0.25, -0.2) is 0 Å². The summed E-state index contributed by atoms with van der Waals surface area (Å²) in [6, 6.07) is 16.3. The van der Waals surface area contributed by atoms with E-state index in [1.807, 2.05) is 61.5 Å². The molecule has 2 aromatic rings. The number of nitrogens with two attached hydrogens (primary N) is 1. The van der Waals surface area contributed by atoms with Gasteiger partial charge in [0, 0.05) is 18.1 Å². The third-order valence-electron chi connectivity index (χ3n) is 3.38. The Bertz CT molecular complexity index is 601. The Hall–Kier alpha value is -1.84. The molecule has 2 rings (SSSR count). The fourth-order valence-electron chi connectivity index (χ4n) is 2.20. The van der Waals surface area contributed by atoms with Crippen molar-refractivity contribution in [3.63, 3.8) is 0 Å². The monoisotopic (exact) mass is 302 g/mol. The van der Waals surface area contributed by atoms with Crippen LogP contribution < -0.4 is 5.73 Å². The average molecular weight is 303 g/mol. The van der Waals surface area contributed by atoms with Crippen LogP contribution >= 0.6 is 11.6 Å². The summed E-state index contributed by atoms with van der Waals surface area (Å²) in [6.45, 7) is 3.06. The van der Waals surface area contributed by atoms with Crippen molar-refractivity contribution in [3.05, 3.63) is 70.7 Å². The van der Waals surface area contributed by atoms with Gasteiger partial charge in [0.2, 0.25) is 5.91 Å². The van der Waals surface area contributed by atoms with Crippen LogP contribution in [0.15, 0.2) is 54.6 Å². The fraction of sp³-hybridized carbons (Fsp3) is 0.235. The normalized spacial score (nSPS) is 12.0. The minimum absolute atomic E-state index is 0.0799. The zero-order valence-corrected chi connectivity index (χ0v) is 12.8. The number of halogens is 1. The molecule has 4 heteroatoms. The smallest absolute Gasteiger partial charge is 0.244 e. The lowest BCUT2D eigenvalue weighted by Gasteiger charge is -2.24. The van der Waals surface area contributed by atoms with Crippen LogP contribution in [0.25, 0.3) is 0 Å². The number of likely N-dealkylation sites (N-methyl/N-ethyl adjacent to an activating group) is 1. The molecule has 3 nitrogen and oxygen atoms in total. The Kier molecular flexibility index (Phi) is 5.37. The van der Waals surface area contributed by atoms with Crippen molar-refractivity contribution in [3.8, 4) is 0 Å². The molecule has 2 aromatic carbocycles. The van der Waals surface area contributed by atoms with Gasteiger partial charge in [-0.1, -0.05) is 54.1 Å². The van der Waals surface area contributed by atoms with Gasteiger partial charge in [0.25, 0.3) is 0 Å². The molecule has 0 spiro atoms. The number of hydrogen-bond donors (Lipinski definition) is 1. The van der Waals surface area contributed by atoms with E-state index in [4.69, 9.17) is 17.3 Å². The Morgan fingerprint density at radius 3 is 2.52 bits per heavy atom. The van der Waals surface area contributed by atoms with E-state index >= 15 is 0 Å². The van der Waals surface area contributed by atoms with E-state index in [9.17, 15) is 4.79 Å². The summed E-state index contributed by atoms with van der Waals surface area (Å²) in [5.41, 5.74) is 7.91. The zero-order valence-electron chi connectivity index (χ0n) is 12.0. The first-order valence-corrected chi connectivity index (χ1v) is 7.33. The van der Waals surface area contributed by atoms with Crippen molar-refractivity contribution in [2.24, 2.45) is 5.73 Å². The summed E-state index contributed by atoms with van der Waals surface area (Å²) in [5.74, 6) is -0.0799. The van der Waals surface area contributed by atoms with Gasteiger partial charge in [-0.15, -0.1) is 0 Å². The van der Waals surface area contributed by atoms with E-state index in [0.717, 1.165) is 11.1 Å². The number of benzene rings is 2. The van der Waals surface area contributed by atoms with Gasteiger partial charge in [0.05, 0.1) is 0 Å². The first-order chi connectivity index (χ1) is 10.1. The molecule has 0 aliphatic heterocycles. The molecule has 110 valence electrons. The van der Waals surface area contributed by atoms with Gasteiger partial charge < -0.3 is 10.6 Å². The molecule has 0 aliphatic rings. The number of carbonyl (C=O) groups is 1. The lowest BCUT2D eigenvalue weighted by atomic mass is 10.1. The molecule has 1 atom stereocenters. The SMILES string of the molecule is CCN(Cc1cccc(Cl)c1)C(=O)C(N)c1ccccc1. The maximum Gasteiger partial charge on any atom is 0.244 e. The molecule has 1 unspecified atom stereocenters. The third kappa shape index (κ3) is 4.06. The summed E-state index contributed by atoms with van der Waals surface area (Å²) in [5, 5.41) is 0.670. The Balaban J connectivity index is 2.12. The maximum absolute atomic E-state index is 12.5. The molecule has 0 heterocycles. The van der Waals surface area contributed by atoms with Crippen LogP contribution in [0.5, 0.6) is 0 Å². The lowest BCUT2D eigenvalue weighted by Crippen LogP contribution is -2.38. The number of carbonyl (C=O) groups excluding carboxylic acids is 1. The molecule has 0 radical (unpaired) electrons. The average Bonchev–Trinajstić information content (AvgIpc) is 2.52. The van der Waals surface area contributed by atoms with Gasteiger partial charge in [0.15, 0.2) is 0 Å². The van der Waals surface area contributed by atoms with Gasteiger partial charge in [-0.2, -0.15) is 0 Å². The Labute approximate surface area is 130 Å². The molecule has 2 N–H and O–H groups in total. The summed E-state index contributed by atoms with van der Waals surface area (Å²) >= 11 is 5.98. The molecule has 0 bridgehead atoms. The number of nitrogens with zero attached hydrogens (tertiary/aromatic N) is 1. The van der Waals surface area contributed by atoms with Crippen molar-refractivity contribution in [2.75, 3.05) is 6.54 Å². The molecular weight excluding hydrogens is 284 g/mol. The van der Waals surface area contributed by atoms with Crippen molar-refractivity contribution in [1.29, 1.82) is 0 Å². The summed E-state index contributed by atoms with van der Waals surface area (Å²) in [7, 11) is 0. The highest BCUT2D eigenvalue weighted by Crippen LogP contribution is 2.17. The largest absolute Gasteiger partial charge is 0.337 e. The van der Waals surface area contributed by atoms with Gasteiger partial charge in [0.1, 0.15) is 6.04 Å². The van der Waals surface area contributed by atoms with E-state index < -0.39 is 6.04 Å². The van der Waals surface area contributed by atoms with Crippen LogP contribution in [-0.4, -0.2) is 17.4 Å². The molecular formula is C17H19ClN2O. The van der Waals surface area contributed by atoms with Crippen LogP contribution in [0.3, 0.4) is 0 Å². The van der Waals surface area contributed by atoms with Crippen molar-refractivity contribution in [2.45, 2.75) is 19.5 Å². The second-order valence-electron chi connectivity index (χ2n) is 4.87. The summed E-state index contributed by atoms with van der Waals surface area (Å²) in [6.07, 6.45) is 0. The van der Waals surface area contributed by atoms with Gasteiger partial charge >= 0.3 is 0 Å². The maximum atomic E-state index is 12.5. The zero-order chi connectivity index (χ0) is 15.2. The fourth-order valence-corrected chi connectivity index (χ4v) is 2.41. The van der Waals surface area contributed by atoms with Crippen molar-refractivity contribution < 1.29 is 4.79 Å². The van der Waals surface area contributed by atoms with Gasteiger partial charge in [-0.05, 0) is 30.2 Å². The Morgan fingerprint density at radius 1 is 1.19 bits per heavy atom. The van der Waals surface area contributed by atoms with Crippen LogP contribution in [-0.2, 0) is 11.3 Å². The summed E-state index contributed by atoms with van der Waals surface area (Å²) in [4.78, 5) is 14.3. The molecule has 0 aliphatic carbocycles.